The van der Waals surface area contributed by atoms with Crippen LogP contribution in [0, 0.1) is 0 Å². The highest BCUT2D eigenvalue weighted by molar-refractivity contribution is 7.98. The van der Waals surface area contributed by atoms with Crippen LogP contribution in [0.1, 0.15) is 60.8 Å². The fourth-order valence-electron chi connectivity index (χ4n) is 3.69. The smallest absolute Gasteiger partial charge is 0.269 e. The molecule has 1 aliphatic rings. The van der Waals surface area contributed by atoms with Crippen molar-refractivity contribution >= 4 is 45.0 Å². The van der Waals surface area contributed by atoms with E-state index in [1.807, 2.05) is 18.4 Å². The lowest BCUT2D eigenvalue weighted by Crippen LogP contribution is -2.34. The zero-order valence-corrected chi connectivity index (χ0v) is 21.1. The lowest BCUT2D eigenvalue weighted by molar-refractivity contribution is -0.0543. The molecule has 0 spiro atoms. The predicted octanol–water partition coefficient (Wildman–Crippen LogP) is 5.59. The number of unbranched alkanes of at least 4 members (excludes halogenated alkanes) is 1. The lowest BCUT2D eigenvalue weighted by Gasteiger charge is -2.33. The van der Waals surface area contributed by atoms with E-state index >= 15 is 0 Å². The van der Waals surface area contributed by atoms with Crippen molar-refractivity contribution in [2.75, 3.05) is 18.3 Å². The van der Waals surface area contributed by atoms with E-state index in [-0.39, 0.29) is 11.5 Å². The molecule has 3 heterocycles. The SMILES string of the molecule is CCCCOc1ccc(C(=O)NNc2nc(SC)nc3sc4c(c23)C[C@](C)(CC)OC4)cc1. The van der Waals surface area contributed by atoms with E-state index < -0.39 is 0 Å². The van der Waals surface area contributed by atoms with Gasteiger partial charge in [-0.25, -0.2) is 9.97 Å². The highest BCUT2D eigenvalue weighted by Crippen LogP contribution is 2.42. The van der Waals surface area contributed by atoms with E-state index in [9.17, 15) is 4.79 Å². The summed E-state index contributed by atoms with van der Waals surface area (Å²) in [6, 6.07) is 7.16. The van der Waals surface area contributed by atoms with Gasteiger partial charge in [0.2, 0.25) is 0 Å². The van der Waals surface area contributed by atoms with E-state index in [1.165, 1.54) is 22.2 Å². The van der Waals surface area contributed by atoms with Crippen molar-refractivity contribution in [2.45, 2.75) is 63.8 Å². The van der Waals surface area contributed by atoms with Crippen LogP contribution < -0.4 is 15.6 Å². The largest absolute Gasteiger partial charge is 0.494 e. The Morgan fingerprint density at radius 2 is 2.06 bits per heavy atom. The van der Waals surface area contributed by atoms with E-state index in [2.05, 4.69) is 36.6 Å². The summed E-state index contributed by atoms with van der Waals surface area (Å²) in [4.78, 5) is 24.2. The first-order chi connectivity index (χ1) is 16.0. The Labute approximate surface area is 202 Å². The minimum Gasteiger partial charge on any atom is -0.494 e. The van der Waals surface area contributed by atoms with Gasteiger partial charge in [0.15, 0.2) is 11.0 Å². The number of thioether (sulfide) groups is 1. The van der Waals surface area contributed by atoms with Gasteiger partial charge in [-0.1, -0.05) is 32.0 Å². The number of hydrazine groups is 1. The molecule has 0 saturated heterocycles. The molecule has 0 fully saturated rings. The minimum atomic E-state index is -0.238. The molecule has 0 aliphatic carbocycles. The fraction of sp³-hybridized carbons (Fsp3) is 0.458. The Kier molecular flexibility index (Phi) is 7.41. The third-order valence-corrected chi connectivity index (χ3v) is 7.57. The van der Waals surface area contributed by atoms with Gasteiger partial charge in [-0.05, 0) is 55.9 Å². The van der Waals surface area contributed by atoms with Gasteiger partial charge in [0.05, 0.1) is 24.2 Å². The quantitative estimate of drug-likeness (QED) is 0.176. The minimum absolute atomic E-state index is 0.208. The number of hydrogen-bond donors (Lipinski definition) is 2. The van der Waals surface area contributed by atoms with Crippen molar-refractivity contribution in [1.82, 2.24) is 15.4 Å². The molecule has 0 saturated carbocycles. The molecule has 3 aromatic rings. The number of rotatable bonds is 9. The van der Waals surface area contributed by atoms with Crippen LogP contribution in [0.5, 0.6) is 5.75 Å². The number of carbonyl (C=O) groups is 1. The number of anilines is 1. The third kappa shape index (κ3) is 5.26. The number of thiophene rings is 1. The summed E-state index contributed by atoms with van der Waals surface area (Å²) in [5.41, 5.74) is 7.42. The van der Waals surface area contributed by atoms with E-state index in [0.29, 0.717) is 29.8 Å². The summed E-state index contributed by atoms with van der Waals surface area (Å²) in [7, 11) is 0. The molecule has 0 radical (unpaired) electrons. The number of nitrogens with one attached hydrogen (secondary N) is 2. The molecule has 176 valence electrons. The molecular weight excluding hydrogens is 456 g/mol. The second-order valence-corrected chi connectivity index (χ2v) is 10.2. The van der Waals surface area contributed by atoms with Gasteiger partial charge in [-0.3, -0.25) is 15.6 Å². The first kappa shape index (κ1) is 23.8. The number of carbonyl (C=O) groups excluding carboxylic acids is 1. The van der Waals surface area contributed by atoms with Gasteiger partial charge < -0.3 is 9.47 Å². The number of fused-ring (bicyclic) bond motifs is 3. The zero-order chi connectivity index (χ0) is 23.4. The molecule has 33 heavy (non-hydrogen) atoms. The topological polar surface area (TPSA) is 85.4 Å². The van der Waals surface area contributed by atoms with Crippen LogP contribution in [-0.4, -0.2) is 34.3 Å². The first-order valence-electron chi connectivity index (χ1n) is 11.3. The van der Waals surface area contributed by atoms with Crippen molar-refractivity contribution in [3.63, 3.8) is 0 Å². The van der Waals surface area contributed by atoms with Crippen molar-refractivity contribution in [2.24, 2.45) is 0 Å². The van der Waals surface area contributed by atoms with Crippen molar-refractivity contribution in [1.29, 1.82) is 0 Å². The lowest BCUT2D eigenvalue weighted by atomic mass is 9.90. The molecule has 2 N–H and O–H groups in total. The van der Waals surface area contributed by atoms with E-state index in [4.69, 9.17) is 14.5 Å². The monoisotopic (exact) mass is 486 g/mol. The number of nitrogens with zero attached hydrogens (tertiary/aromatic N) is 2. The molecular formula is C24H30N4O3S2. The molecule has 9 heteroatoms. The van der Waals surface area contributed by atoms with Gasteiger partial charge in [0.25, 0.3) is 5.91 Å². The molecule has 1 atom stereocenters. The molecule has 1 aliphatic heterocycles. The van der Waals surface area contributed by atoms with Crippen LogP contribution in [0.25, 0.3) is 10.2 Å². The van der Waals surface area contributed by atoms with Crippen LogP contribution in [0.15, 0.2) is 29.4 Å². The average Bonchev–Trinajstić information content (AvgIpc) is 3.20. The van der Waals surface area contributed by atoms with Gasteiger partial charge in [-0.15, -0.1) is 11.3 Å². The Hall–Kier alpha value is -2.36. The highest BCUT2D eigenvalue weighted by Gasteiger charge is 2.33. The number of benzene rings is 1. The predicted molar refractivity (Wildman–Crippen MR) is 134 cm³/mol. The Bertz CT molecular complexity index is 1130. The molecule has 1 amide bonds. The molecule has 4 rings (SSSR count). The zero-order valence-electron chi connectivity index (χ0n) is 19.5. The Balaban J connectivity index is 1.54. The number of hydrogen-bond acceptors (Lipinski definition) is 8. The second-order valence-electron chi connectivity index (χ2n) is 8.32. The van der Waals surface area contributed by atoms with Crippen LogP contribution in [0.3, 0.4) is 0 Å². The van der Waals surface area contributed by atoms with Crippen LogP contribution in [-0.2, 0) is 17.8 Å². The Morgan fingerprint density at radius 3 is 2.76 bits per heavy atom. The summed E-state index contributed by atoms with van der Waals surface area (Å²) in [5.74, 6) is 1.15. The molecule has 1 aromatic carbocycles. The third-order valence-electron chi connectivity index (χ3n) is 5.92. The summed E-state index contributed by atoms with van der Waals surface area (Å²) in [6.45, 7) is 7.66. The van der Waals surface area contributed by atoms with E-state index in [1.54, 1.807) is 23.5 Å². The van der Waals surface area contributed by atoms with Crippen molar-refractivity contribution in [3.8, 4) is 5.75 Å². The summed E-state index contributed by atoms with van der Waals surface area (Å²) in [5, 5.41) is 1.63. The second kappa shape index (κ2) is 10.3. The molecule has 0 unspecified atom stereocenters. The van der Waals surface area contributed by atoms with Crippen LogP contribution in [0.2, 0.25) is 0 Å². The highest BCUT2D eigenvalue weighted by atomic mass is 32.2. The summed E-state index contributed by atoms with van der Waals surface area (Å²) >= 11 is 3.11. The van der Waals surface area contributed by atoms with Crippen molar-refractivity contribution in [3.05, 3.63) is 40.3 Å². The molecule has 0 bridgehead atoms. The van der Waals surface area contributed by atoms with Crippen LogP contribution in [0.4, 0.5) is 5.82 Å². The van der Waals surface area contributed by atoms with Crippen molar-refractivity contribution < 1.29 is 14.3 Å². The Morgan fingerprint density at radius 1 is 1.27 bits per heavy atom. The van der Waals surface area contributed by atoms with Gasteiger partial charge in [0, 0.05) is 16.9 Å². The van der Waals surface area contributed by atoms with Gasteiger partial charge in [0.1, 0.15) is 10.6 Å². The summed E-state index contributed by atoms with van der Waals surface area (Å²) < 4.78 is 11.8. The number of aromatic nitrogens is 2. The van der Waals surface area contributed by atoms with Crippen LogP contribution >= 0.6 is 23.1 Å². The maximum Gasteiger partial charge on any atom is 0.269 e. The summed E-state index contributed by atoms with van der Waals surface area (Å²) in [6.07, 6.45) is 5.75. The maximum absolute atomic E-state index is 12.8. The molecule has 2 aromatic heterocycles. The molecule has 7 nitrogen and oxygen atoms in total. The van der Waals surface area contributed by atoms with E-state index in [0.717, 1.165) is 41.6 Å². The number of ether oxygens (including phenoxy) is 2. The standard InChI is InChI=1S/C24H30N4O3S2/c1-5-7-12-30-16-10-8-15(9-11-16)21(29)28-27-20-19-17-13-24(3,6-2)31-14-18(17)33-22(19)26-23(25-20)32-4/h8-11H,5-7,12-14H2,1-4H3,(H,28,29)(H,25,26,27)/t24-/m0/s1. The average molecular weight is 487 g/mol. The van der Waals surface area contributed by atoms with Gasteiger partial charge in [-0.2, -0.15) is 0 Å². The maximum atomic E-state index is 12.8. The fourth-order valence-corrected chi connectivity index (χ4v) is 5.21. The number of amides is 1. The first-order valence-corrected chi connectivity index (χ1v) is 13.3. The normalized spacial score (nSPS) is 17.6. The van der Waals surface area contributed by atoms with Gasteiger partial charge >= 0.3 is 0 Å².